The first-order chi connectivity index (χ1) is 16.7. The largest absolute Gasteiger partial charge is 0.457 e. The van der Waals surface area contributed by atoms with Gasteiger partial charge in [0.2, 0.25) is 0 Å². The summed E-state index contributed by atoms with van der Waals surface area (Å²) in [4.78, 5) is 16.9. The van der Waals surface area contributed by atoms with Crippen LogP contribution in [0, 0.1) is 0 Å². The lowest BCUT2D eigenvalue weighted by Crippen LogP contribution is -2.06. The number of nitrogens with zero attached hydrogens (tertiary/aromatic N) is 2. The summed E-state index contributed by atoms with van der Waals surface area (Å²) >= 11 is 0. The van der Waals surface area contributed by atoms with Crippen LogP contribution in [-0.2, 0) is 17.6 Å². The summed E-state index contributed by atoms with van der Waals surface area (Å²) in [5.74, 6) is 1.70. The van der Waals surface area contributed by atoms with Gasteiger partial charge in [-0.25, -0.2) is 0 Å². The average Bonchev–Trinajstić information content (AvgIpc) is 3.37. The molecule has 5 rings (SSSR count). The van der Waals surface area contributed by atoms with Crippen molar-refractivity contribution in [1.82, 2.24) is 15.2 Å². The summed E-state index contributed by atoms with van der Waals surface area (Å²) in [6, 6.07) is 29.3. The number of H-pyrrole nitrogens is 1. The molecule has 3 aromatic carbocycles. The van der Waals surface area contributed by atoms with Crippen molar-refractivity contribution in [2.45, 2.75) is 12.8 Å². The zero-order valence-electron chi connectivity index (χ0n) is 18.5. The minimum Gasteiger partial charge on any atom is -0.457 e. The molecule has 0 unspecified atom stereocenters. The van der Waals surface area contributed by atoms with E-state index in [0.717, 1.165) is 45.0 Å². The Bertz CT molecular complexity index is 1380. The molecule has 0 saturated carbocycles. The van der Waals surface area contributed by atoms with Crippen molar-refractivity contribution in [3.63, 3.8) is 0 Å². The molecular formula is C29H23N3O2. The van der Waals surface area contributed by atoms with E-state index in [1.807, 2.05) is 97.2 Å². The molecule has 0 atom stereocenters. The van der Waals surface area contributed by atoms with Crippen LogP contribution in [0.15, 0.2) is 110 Å². The number of carbonyl (C=O) groups is 1. The van der Waals surface area contributed by atoms with Gasteiger partial charge in [-0.2, -0.15) is 5.10 Å². The van der Waals surface area contributed by atoms with Crippen molar-refractivity contribution < 1.29 is 9.53 Å². The second-order valence-electron chi connectivity index (χ2n) is 8.05. The zero-order valence-corrected chi connectivity index (χ0v) is 18.5. The summed E-state index contributed by atoms with van der Waals surface area (Å²) in [5, 5.41) is 7.33. The Hall–Kier alpha value is -4.51. The number of para-hydroxylation sites is 1. The van der Waals surface area contributed by atoms with Gasteiger partial charge in [0.15, 0.2) is 0 Å². The lowest BCUT2D eigenvalue weighted by Gasteiger charge is -2.08. The van der Waals surface area contributed by atoms with E-state index in [4.69, 9.17) is 4.74 Å². The van der Waals surface area contributed by atoms with E-state index in [0.29, 0.717) is 12.8 Å². The number of ketones is 1. The van der Waals surface area contributed by atoms with Crippen molar-refractivity contribution in [3.8, 4) is 33.9 Å². The summed E-state index contributed by atoms with van der Waals surface area (Å²) in [5.41, 5.74) is 5.91. The van der Waals surface area contributed by atoms with Gasteiger partial charge < -0.3 is 4.74 Å². The first kappa shape index (κ1) is 21.3. The number of hydrogen-bond acceptors (Lipinski definition) is 4. The molecule has 1 N–H and O–H groups in total. The second kappa shape index (κ2) is 9.96. The van der Waals surface area contributed by atoms with Crippen LogP contribution >= 0.6 is 0 Å². The fraction of sp³-hybridized carbons (Fsp3) is 0.0690. The highest BCUT2D eigenvalue weighted by molar-refractivity contribution is 5.84. The van der Waals surface area contributed by atoms with Gasteiger partial charge in [-0.15, -0.1) is 0 Å². The molecule has 5 aromatic rings. The number of rotatable bonds is 8. The number of aromatic nitrogens is 3. The maximum absolute atomic E-state index is 12.8. The van der Waals surface area contributed by atoms with Crippen LogP contribution in [0.4, 0.5) is 0 Å². The topological polar surface area (TPSA) is 67.9 Å². The molecule has 0 bridgehead atoms. The number of aromatic amines is 1. The number of hydrogen-bond donors (Lipinski definition) is 1. The molecule has 5 nitrogen and oxygen atoms in total. The molecule has 0 amide bonds. The summed E-state index contributed by atoms with van der Waals surface area (Å²) in [7, 11) is 0. The smallest absolute Gasteiger partial charge is 0.141 e. The highest BCUT2D eigenvalue weighted by atomic mass is 16.5. The molecule has 0 aliphatic heterocycles. The van der Waals surface area contributed by atoms with Crippen LogP contribution < -0.4 is 4.74 Å². The normalized spacial score (nSPS) is 10.7. The Morgan fingerprint density at radius 3 is 2.26 bits per heavy atom. The highest BCUT2D eigenvalue weighted by Crippen LogP contribution is 2.30. The van der Waals surface area contributed by atoms with Gasteiger partial charge in [0, 0.05) is 36.4 Å². The van der Waals surface area contributed by atoms with Crippen molar-refractivity contribution >= 4 is 5.78 Å². The molecule has 0 radical (unpaired) electrons. The van der Waals surface area contributed by atoms with Crippen LogP contribution in [0.5, 0.6) is 11.5 Å². The van der Waals surface area contributed by atoms with Gasteiger partial charge in [-0.1, -0.05) is 48.5 Å². The Balaban J connectivity index is 1.25. The number of benzene rings is 3. The fourth-order valence-corrected chi connectivity index (χ4v) is 3.91. The van der Waals surface area contributed by atoms with Gasteiger partial charge in [0.05, 0.1) is 11.9 Å². The van der Waals surface area contributed by atoms with Crippen molar-refractivity contribution in [2.24, 2.45) is 0 Å². The van der Waals surface area contributed by atoms with Crippen molar-refractivity contribution in [2.75, 3.05) is 0 Å². The number of ether oxygens (including phenoxy) is 1. The maximum Gasteiger partial charge on any atom is 0.141 e. The lowest BCUT2D eigenvalue weighted by atomic mass is 9.98. The standard InChI is InChI=1S/C29H23N3O2/c33-25(18-21-9-11-27(12-10-21)34-26-7-2-1-3-8-26)19-22-5-4-6-24(17-22)29-28(20-31-32-29)23-13-15-30-16-14-23/h1-17,20H,18-19H2,(H,31,32). The molecule has 5 heteroatoms. The van der Waals surface area contributed by atoms with Crippen LogP contribution in [0.2, 0.25) is 0 Å². The quantitative estimate of drug-likeness (QED) is 0.305. The number of carbonyl (C=O) groups excluding carboxylic acids is 1. The summed E-state index contributed by atoms with van der Waals surface area (Å²) in [6.07, 6.45) is 6.09. The molecule has 0 aliphatic carbocycles. The molecule has 0 saturated heterocycles. The third-order valence-electron chi connectivity index (χ3n) is 5.55. The van der Waals surface area contributed by atoms with E-state index in [9.17, 15) is 4.79 Å². The maximum atomic E-state index is 12.8. The monoisotopic (exact) mass is 445 g/mol. The van der Waals surface area contributed by atoms with Gasteiger partial charge in [0.25, 0.3) is 0 Å². The number of pyridine rings is 1. The van der Waals surface area contributed by atoms with Gasteiger partial charge in [-0.3, -0.25) is 14.9 Å². The zero-order chi connectivity index (χ0) is 23.2. The first-order valence-electron chi connectivity index (χ1n) is 11.1. The minimum atomic E-state index is 0.160. The average molecular weight is 446 g/mol. The van der Waals surface area contributed by atoms with E-state index in [2.05, 4.69) is 15.2 Å². The fourth-order valence-electron chi connectivity index (χ4n) is 3.91. The first-order valence-corrected chi connectivity index (χ1v) is 11.1. The number of nitrogens with one attached hydrogen (secondary N) is 1. The van der Waals surface area contributed by atoms with Crippen LogP contribution in [0.3, 0.4) is 0 Å². The number of Topliss-reactive ketones (excluding diaryl/α,β-unsaturated/α-hetero) is 1. The predicted octanol–water partition coefficient (Wildman–Crippen LogP) is 6.29. The van der Waals surface area contributed by atoms with E-state index in [1.165, 1.54) is 0 Å². The third kappa shape index (κ3) is 5.10. The van der Waals surface area contributed by atoms with Crippen LogP contribution in [0.25, 0.3) is 22.4 Å². The lowest BCUT2D eigenvalue weighted by molar-refractivity contribution is -0.117. The Kier molecular flexibility index (Phi) is 6.25. The second-order valence-corrected chi connectivity index (χ2v) is 8.05. The van der Waals surface area contributed by atoms with E-state index < -0.39 is 0 Å². The molecule has 2 heterocycles. The molecule has 0 spiro atoms. The van der Waals surface area contributed by atoms with Gasteiger partial charge >= 0.3 is 0 Å². The minimum absolute atomic E-state index is 0.160. The van der Waals surface area contributed by atoms with E-state index in [-0.39, 0.29) is 5.78 Å². The van der Waals surface area contributed by atoms with E-state index in [1.54, 1.807) is 12.4 Å². The van der Waals surface area contributed by atoms with Gasteiger partial charge in [-0.05, 0) is 59.2 Å². The van der Waals surface area contributed by atoms with Crippen molar-refractivity contribution in [1.29, 1.82) is 0 Å². The Morgan fingerprint density at radius 1 is 0.735 bits per heavy atom. The summed E-state index contributed by atoms with van der Waals surface area (Å²) < 4.78 is 5.83. The molecule has 0 aliphatic rings. The molecule has 0 fully saturated rings. The molecule has 2 aromatic heterocycles. The highest BCUT2D eigenvalue weighted by Gasteiger charge is 2.12. The predicted molar refractivity (Wildman–Crippen MR) is 133 cm³/mol. The van der Waals surface area contributed by atoms with Crippen LogP contribution in [0.1, 0.15) is 11.1 Å². The molecule has 34 heavy (non-hydrogen) atoms. The van der Waals surface area contributed by atoms with Crippen LogP contribution in [-0.4, -0.2) is 21.0 Å². The van der Waals surface area contributed by atoms with Gasteiger partial charge in [0.1, 0.15) is 17.3 Å². The Labute approximate surface area is 198 Å². The van der Waals surface area contributed by atoms with Crippen molar-refractivity contribution in [3.05, 3.63) is 121 Å². The SMILES string of the molecule is O=C(Cc1ccc(Oc2ccccc2)cc1)Cc1cccc(-c2[nH]ncc2-c2ccncc2)c1. The van der Waals surface area contributed by atoms with E-state index >= 15 is 0 Å². The summed E-state index contributed by atoms with van der Waals surface area (Å²) in [6.45, 7) is 0. The molecule has 166 valence electrons. The Morgan fingerprint density at radius 2 is 1.47 bits per heavy atom. The molecular weight excluding hydrogens is 422 g/mol. The third-order valence-corrected chi connectivity index (χ3v) is 5.55.